The number of fused-ring (bicyclic) bond motifs is 1. The Morgan fingerprint density at radius 3 is 2.93 bits per heavy atom. The molecule has 0 bridgehead atoms. The van der Waals surface area contributed by atoms with Gasteiger partial charge in [-0.15, -0.1) is 0 Å². The van der Waals surface area contributed by atoms with Crippen molar-refractivity contribution < 1.29 is 0 Å². The van der Waals surface area contributed by atoms with Crippen LogP contribution in [0.15, 0.2) is 54.2 Å². The summed E-state index contributed by atoms with van der Waals surface area (Å²) in [5.74, 6) is 0. The SMILES string of the molecule is C=CC(C)=Nc1cccc2cccnc12. The average Bonchev–Trinajstić information content (AvgIpc) is 2.29. The van der Waals surface area contributed by atoms with Gasteiger partial charge in [0.25, 0.3) is 0 Å². The third-order valence-electron chi connectivity index (χ3n) is 2.20. The van der Waals surface area contributed by atoms with E-state index in [0.717, 1.165) is 22.3 Å². The number of allylic oxidation sites excluding steroid dienone is 1. The van der Waals surface area contributed by atoms with Crippen LogP contribution in [-0.4, -0.2) is 10.7 Å². The highest BCUT2D eigenvalue weighted by Crippen LogP contribution is 2.23. The molecule has 0 fully saturated rings. The Balaban J connectivity index is 2.66. The zero-order valence-electron chi connectivity index (χ0n) is 8.64. The summed E-state index contributed by atoms with van der Waals surface area (Å²) in [5, 5.41) is 1.11. The number of hydrogen-bond acceptors (Lipinski definition) is 2. The van der Waals surface area contributed by atoms with Crippen LogP contribution in [-0.2, 0) is 0 Å². The van der Waals surface area contributed by atoms with Crippen molar-refractivity contribution in [1.82, 2.24) is 4.98 Å². The molecule has 2 rings (SSSR count). The second-order valence-corrected chi connectivity index (χ2v) is 3.31. The molecule has 0 unspecified atom stereocenters. The first kappa shape index (κ1) is 9.59. The largest absolute Gasteiger partial charge is 0.254 e. The van der Waals surface area contributed by atoms with Crippen LogP contribution in [0.1, 0.15) is 6.92 Å². The minimum atomic E-state index is 0.894. The predicted octanol–water partition coefficient (Wildman–Crippen LogP) is 3.51. The van der Waals surface area contributed by atoms with E-state index in [1.807, 2.05) is 37.3 Å². The summed E-state index contributed by atoms with van der Waals surface area (Å²) in [4.78, 5) is 8.77. The first-order valence-electron chi connectivity index (χ1n) is 4.83. The van der Waals surface area contributed by atoms with E-state index in [-0.39, 0.29) is 0 Å². The number of nitrogens with zero attached hydrogens (tertiary/aromatic N) is 2. The topological polar surface area (TPSA) is 25.2 Å². The summed E-state index contributed by atoms with van der Waals surface area (Å²) in [6, 6.07) is 9.94. The minimum Gasteiger partial charge on any atom is -0.254 e. The van der Waals surface area contributed by atoms with Crippen LogP contribution in [0.5, 0.6) is 0 Å². The van der Waals surface area contributed by atoms with Crippen molar-refractivity contribution in [1.29, 1.82) is 0 Å². The van der Waals surface area contributed by atoms with E-state index in [2.05, 4.69) is 16.6 Å². The maximum absolute atomic E-state index is 4.44. The van der Waals surface area contributed by atoms with Crippen LogP contribution in [0.25, 0.3) is 10.9 Å². The summed E-state index contributed by atoms with van der Waals surface area (Å²) in [6.07, 6.45) is 3.52. The van der Waals surface area contributed by atoms with Crippen molar-refractivity contribution in [3.8, 4) is 0 Å². The molecule has 0 atom stereocenters. The van der Waals surface area contributed by atoms with Gasteiger partial charge in [0.15, 0.2) is 0 Å². The third-order valence-corrected chi connectivity index (χ3v) is 2.20. The first-order chi connectivity index (χ1) is 7.31. The fourth-order valence-electron chi connectivity index (χ4n) is 1.41. The highest BCUT2D eigenvalue weighted by molar-refractivity contribution is 5.98. The molecule has 2 heteroatoms. The van der Waals surface area contributed by atoms with Gasteiger partial charge >= 0.3 is 0 Å². The van der Waals surface area contributed by atoms with Crippen molar-refractivity contribution in [2.45, 2.75) is 6.92 Å². The van der Waals surface area contributed by atoms with Gasteiger partial charge in [-0.05, 0) is 25.1 Å². The smallest absolute Gasteiger partial charge is 0.0958 e. The summed E-state index contributed by atoms with van der Waals surface area (Å²) in [7, 11) is 0. The van der Waals surface area contributed by atoms with Gasteiger partial charge in [-0.3, -0.25) is 9.98 Å². The van der Waals surface area contributed by atoms with Gasteiger partial charge in [-0.1, -0.05) is 24.8 Å². The van der Waals surface area contributed by atoms with E-state index < -0.39 is 0 Å². The Bertz CT molecular complexity index is 522. The molecule has 2 aromatic rings. The number of benzene rings is 1. The monoisotopic (exact) mass is 196 g/mol. The van der Waals surface area contributed by atoms with Crippen molar-refractivity contribution in [2.75, 3.05) is 0 Å². The molecule has 0 spiro atoms. The summed E-state index contributed by atoms with van der Waals surface area (Å²) >= 11 is 0. The van der Waals surface area contributed by atoms with Crippen LogP contribution in [0.4, 0.5) is 5.69 Å². The summed E-state index contributed by atoms with van der Waals surface area (Å²) < 4.78 is 0. The van der Waals surface area contributed by atoms with E-state index >= 15 is 0 Å². The second kappa shape index (κ2) is 4.05. The molecule has 0 amide bonds. The minimum absolute atomic E-state index is 0.894. The Morgan fingerprint density at radius 1 is 1.33 bits per heavy atom. The van der Waals surface area contributed by atoms with E-state index in [0.29, 0.717) is 0 Å². The van der Waals surface area contributed by atoms with Gasteiger partial charge in [0.1, 0.15) is 0 Å². The molecule has 74 valence electrons. The molecule has 0 aliphatic carbocycles. The van der Waals surface area contributed by atoms with E-state index in [4.69, 9.17) is 0 Å². The zero-order valence-corrected chi connectivity index (χ0v) is 8.64. The lowest BCUT2D eigenvalue weighted by Gasteiger charge is -2.00. The lowest BCUT2D eigenvalue weighted by atomic mass is 10.2. The van der Waals surface area contributed by atoms with Gasteiger partial charge in [-0.25, -0.2) is 0 Å². The van der Waals surface area contributed by atoms with E-state index in [1.165, 1.54) is 0 Å². The molecule has 1 heterocycles. The Hall–Kier alpha value is -1.96. The molecule has 0 aliphatic rings. The first-order valence-corrected chi connectivity index (χ1v) is 4.83. The molecule has 1 aromatic carbocycles. The average molecular weight is 196 g/mol. The quantitative estimate of drug-likeness (QED) is 0.675. The fourth-order valence-corrected chi connectivity index (χ4v) is 1.41. The molecule has 0 saturated heterocycles. The molecule has 0 N–H and O–H groups in total. The number of hydrogen-bond donors (Lipinski definition) is 0. The Kier molecular flexibility index (Phi) is 2.59. The summed E-state index contributed by atoms with van der Waals surface area (Å²) in [5.41, 5.74) is 2.72. The normalized spacial score (nSPS) is 11.7. The number of para-hydroxylation sites is 1. The van der Waals surface area contributed by atoms with Crippen LogP contribution in [0.3, 0.4) is 0 Å². The highest BCUT2D eigenvalue weighted by atomic mass is 14.8. The fraction of sp³-hybridized carbons (Fsp3) is 0.0769. The maximum atomic E-state index is 4.44. The standard InChI is InChI=1S/C13H12N2/c1-3-10(2)15-12-8-4-6-11-7-5-9-14-13(11)12/h3-9H,1H2,2H3. The molecule has 1 aromatic heterocycles. The zero-order chi connectivity index (χ0) is 10.7. The van der Waals surface area contributed by atoms with Gasteiger partial charge in [0, 0.05) is 17.3 Å². The molecule has 0 saturated carbocycles. The van der Waals surface area contributed by atoms with E-state index in [9.17, 15) is 0 Å². The highest BCUT2D eigenvalue weighted by Gasteiger charge is 1.99. The molecule has 15 heavy (non-hydrogen) atoms. The number of rotatable bonds is 2. The van der Waals surface area contributed by atoms with Crippen LogP contribution in [0, 0.1) is 0 Å². The number of pyridine rings is 1. The second-order valence-electron chi connectivity index (χ2n) is 3.31. The van der Waals surface area contributed by atoms with Crippen LogP contribution in [0.2, 0.25) is 0 Å². The lowest BCUT2D eigenvalue weighted by Crippen LogP contribution is -1.83. The van der Waals surface area contributed by atoms with E-state index in [1.54, 1.807) is 12.3 Å². The summed E-state index contributed by atoms with van der Waals surface area (Å²) in [6.45, 7) is 5.61. The number of aliphatic imine (C=N–C) groups is 1. The maximum Gasteiger partial charge on any atom is 0.0958 e. The van der Waals surface area contributed by atoms with Crippen LogP contribution >= 0.6 is 0 Å². The Morgan fingerprint density at radius 2 is 2.13 bits per heavy atom. The number of aromatic nitrogens is 1. The third kappa shape index (κ3) is 1.94. The van der Waals surface area contributed by atoms with Gasteiger partial charge < -0.3 is 0 Å². The van der Waals surface area contributed by atoms with Crippen molar-refractivity contribution in [3.05, 3.63) is 49.2 Å². The molecule has 2 nitrogen and oxygen atoms in total. The predicted molar refractivity (Wildman–Crippen MR) is 64.7 cm³/mol. The van der Waals surface area contributed by atoms with Crippen molar-refractivity contribution >= 4 is 22.3 Å². The van der Waals surface area contributed by atoms with Crippen molar-refractivity contribution in [3.63, 3.8) is 0 Å². The van der Waals surface area contributed by atoms with Gasteiger partial charge in [0.05, 0.1) is 11.2 Å². The molecular formula is C13H12N2. The molecule has 0 aliphatic heterocycles. The van der Waals surface area contributed by atoms with Crippen LogP contribution < -0.4 is 0 Å². The van der Waals surface area contributed by atoms with Gasteiger partial charge in [-0.2, -0.15) is 0 Å². The molecular weight excluding hydrogens is 184 g/mol. The Labute approximate surface area is 89.0 Å². The molecule has 0 radical (unpaired) electrons. The van der Waals surface area contributed by atoms with Gasteiger partial charge in [0.2, 0.25) is 0 Å². The van der Waals surface area contributed by atoms with Crippen molar-refractivity contribution in [2.24, 2.45) is 4.99 Å². The lowest BCUT2D eigenvalue weighted by molar-refractivity contribution is 1.39.